The van der Waals surface area contributed by atoms with Crippen LogP contribution in [0.25, 0.3) is 0 Å². The minimum Gasteiger partial charge on any atom is -0.478 e. The first kappa shape index (κ1) is 21.4. The molecule has 0 aliphatic carbocycles. The molecule has 0 saturated heterocycles. The Bertz CT molecular complexity index is 1310. The van der Waals surface area contributed by atoms with Gasteiger partial charge in [-0.2, -0.15) is 0 Å². The predicted octanol–water partition coefficient (Wildman–Crippen LogP) is 4.44. The van der Waals surface area contributed by atoms with Crippen LogP contribution in [-0.4, -0.2) is 21.9 Å². The quantitative estimate of drug-likeness (QED) is 0.316. The summed E-state index contributed by atoms with van der Waals surface area (Å²) in [6, 6.07) is 12.8. The third-order valence-electron chi connectivity index (χ3n) is 5.13. The van der Waals surface area contributed by atoms with E-state index in [1.54, 1.807) is 0 Å². The van der Waals surface area contributed by atoms with Gasteiger partial charge in [0.25, 0.3) is 5.69 Å². The smallest absolute Gasteiger partial charge is 0.335 e. The van der Waals surface area contributed by atoms with Crippen LogP contribution in [0.15, 0.2) is 54.6 Å². The van der Waals surface area contributed by atoms with Gasteiger partial charge in [0, 0.05) is 22.2 Å². The van der Waals surface area contributed by atoms with Crippen molar-refractivity contribution in [1.29, 1.82) is 0 Å². The van der Waals surface area contributed by atoms with Crippen LogP contribution in [0.3, 0.4) is 0 Å². The maximum atomic E-state index is 11.9. The van der Waals surface area contributed by atoms with Gasteiger partial charge in [-0.15, -0.1) is 0 Å². The molecule has 0 saturated carbocycles. The molecule has 1 unspecified atom stereocenters. The van der Waals surface area contributed by atoms with Crippen molar-refractivity contribution in [3.63, 3.8) is 0 Å². The first-order valence-electron chi connectivity index (χ1n) is 9.11. The minimum atomic E-state index is -1.55. The number of primary amides is 1. The summed E-state index contributed by atoms with van der Waals surface area (Å²) in [7, 11) is 0. The van der Waals surface area contributed by atoms with Crippen molar-refractivity contribution in [1.82, 2.24) is 0 Å². The van der Waals surface area contributed by atoms with Crippen molar-refractivity contribution in [2.45, 2.75) is 5.66 Å². The highest BCUT2D eigenvalue weighted by molar-refractivity contribution is 6.33. The largest absolute Gasteiger partial charge is 0.478 e. The van der Waals surface area contributed by atoms with E-state index in [4.69, 9.17) is 28.9 Å². The zero-order valence-corrected chi connectivity index (χ0v) is 17.6. The summed E-state index contributed by atoms with van der Waals surface area (Å²) in [5.41, 5.74) is 4.87. The Morgan fingerprint density at radius 2 is 1.66 bits per heavy atom. The van der Waals surface area contributed by atoms with E-state index in [0.717, 1.165) is 0 Å². The van der Waals surface area contributed by atoms with Crippen LogP contribution in [0, 0.1) is 10.1 Å². The first-order valence-corrected chi connectivity index (χ1v) is 9.86. The van der Waals surface area contributed by atoms with Gasteiger partial charge in [0.05, 0.1) is 32.4 Å². The molecule has 0 bridgehead atoms. The molecule has 0 radical (unpaired) electrons. The first-order chi connectivity index (χ1) is 15.1. The van der Waals surface area contributed by atoms with E-state index in [2.05, 4.69) is 10.6 Å². The van der Waals surface area contributed by atoms with E-state index in [1.807, 2.05) is 0 Å². The standard InChI is InChI=1S/C21H14Cl2N4O5/c22-13-2-1-3-17(27(31)32)18(13)21(12-6-4-10(19(24)28)8-14(12)23)25-15-7-5-11(20(29)30)9-16(15)26-21/h1-9,25-26H,(H2,24,28)(H,29,30). The fourth-order valence-electron chi connectivity index (χ4n) is 3.73. The molecule has 1 heterocycles. The number of carboxylic acids is 1. The molecule has 3 aromatic carbocycles. The van der Waals surface area contributed by atoms with Crippen LogP contribution in [-0.2, 0) is 5.66 Å². The van der Waals surface area contributed by atoms with Crippen molar-refractivity contribution in [3.8, 4) is 0 Å². The topological polar surface area (TPSA) is 148 Å². The summed E-state index contributed by atoms with van der Waals surface area (Å²) in [5.74, 6) is -1.84. The summed E-state index contributed by atoms with van der Waals surface area (Å²) in [6.07, 6.45) is 0. The molecule has 32 heavy (non-hydrogen) atoms. The summed E-state index contributed by atoms with van der Waals surface area (Å²) in [4.78, 5) is 34.3. The fraction of sp³-hybridized carbons (Fsp3) is 0.0476. The third kappa shape index (κ3) is 3.37. The molecule has 9 nitrogen and oxygen atoms in total. The van der Waals surface area contributed by atoms with Crippen LogP contribution >= 0.6 is 23.2 Å². The number of nitro benzene ring substituents is 1. The SMILES string of the molecule is NC(=O)c1ccc(C2(c3c(Cl)cccc3[N+](=O)[O-])Nc3ccc(C(=O)O)cc3N2)c(Cl)c1. The van der Waals surface area contributed by atoms with Crippen LogP contribution in [0.2, 0.25) is 10.0 Å². The number of benzene rings is 3. The molecule has 1 amide bonds. The van der Waals surface area contributed by atoms with Crippen molar-refractivity contribution in [2.75, 3.05) is 10.6 Å². The fourth-order valence-corrected chi connectivity index (χ4v) is 4.36. The highest BCUT2D eigenvalue weighted by Gasteiger charge is 2.47. The molecule has 3 aromatic rings. The molecule has 11 heteroatoms. The molecule has 5 N–H and O–H groups in total. The van der Waals surface area contributed by atoms with Crippen molar-refractivity contribution in [3.05, 3.63) is 97.0 Å². The second-order valence-corrected chi connectivity index (χ2v) is 7.83. The number of anilines is 2. The van der Waals surface area contributed by atoms with Gasteiger partial charge in [-0.25, -0.2) is 4.79 Å². The van der Waals surface area contributed by atoms with E-state index in [1.165, 1.54) is 54.6 Å². The number of carboxylic acid groups (broad SMARTS) is 1. The number of nitro groups is 1. The summed E-state index contributed by atoms with van der Waals surface area (Å²) >= 11 is 13.0. The van der Waals surface area contributed by atoms with Gasteiger partial charge in [0.2, 0.25) is 5.91 Å². The number of nitrogens with zero attached hydrogens (tertiary/aromatic N) is 1. The second-order valence-electron chi connectivity index (χ2n) is 7.02. The zero-order chi connectivity index (χ0) is 23.2. The van der Waals surface area contributed by atoms with Crippen molar-refractivity contribution in [2.24, 2.45) is 5.73 Å². The van der Waals surface area contributed by atoms with E-state index in [0.29, 0.717) is 16.9 Å². The number of halogens is 2. The monoisotopic (exact) mass is 472 g/mol. The maximum Gasteiger partial charge on any atom is 0.335 e. The number of nitrogens with two attached hydrogens (primary N) is 1. The number of amides is 1. The second kappa shape index (κ2) is 7.70. The third-order valence-corrected chi connectivity index (χ3v) is 5.76. The molecule has 162 valence electrons. The molecule has 1 aliphatic rings. The molecular weight excluding hydrogens is 459 g/mol. The highest BCUT2D eigenvalue weighted by atomic mass is 35.5. The number of fused-ring (bicyclic) bond motifs is 1. The number of aromatic carboxylic acids is 1. The van der Waals surface area contributed by atoms with Gasteiger partial charge in [-0.1, -0.05) is 35.3 Å². The van der Waals surface area contributed by atoms with E-state index >= 15 is 0 Å². The zero-order valence-electron chi connectivity index (χ0n) is 16.1. The molecule has 0 spiro atoms. The van der Waals surface area contributed by atoms with Gasteiger partial charge in [-0.3, -0.25) is 14.9 Å². The van der Waals surface area contributed by atoms with Crippen LogP contribution in [0.5, 0.6) is 0 Å². The Labute approximate surface area is 190 Å². The summed E-state index contributed by atoms with van der Waals surface area (Å²) < 4.78 is 0. The Morgan fingerprint density at radius 3 is 2.28 bits per heavy atom. The van der Waals surface area contributed by atoms with Crippen LogP contribution in [0.1, 0.15) is 31.8 Å². The normalized spacial score (nSPS) is 16.6. The average Bonchev–Trinajstić information content (AvgIpc) is 3.12. The minimum absolute atomic E-state index is 0.0117. The van der Waals surface area contributed by atoms with Crippen LogP contribution < -0.4 is 16.4 Å². The van der Waals surface area contributed by atoms with Gasteiger partial charge < -0.3 is 21.5 Å². The molecular formula is C21H14Cl2N4O5. The van der Waals surface area contributed by atoms with Gasteiger partial charge in [-0.05, 0) is 36.4 Å². The maximum absolute atomic E-state index is 11.9. The lowest BCUT2D eigenvalue weighted by molar-refractivity contribution is -0.385. The summed E-state index contributed by atoms with van der Waals surface area (Å²) in [5, 5.41) is 27.7. The number of rotatable bonds is 5. The predicted molar refractivity (Wildman–Crippen MR) is 120 cm³/mol. The molecule has 4 rings (SSSR count). The van der Waals surface area contributed by atoms with E-state index < -0.39 is 22.5 Å². The molecule has 0 fully saturated rings. The number of hydrogen-bond donors (Lipinski definition) is 4. The van der Waals surface area contributed by atoms with E-state index in [-0.39, 0.29) is 32.4 Å². The van der Waals surface area contributed by atoms with Crippen molar-refractivity contribution < 1.29 is 19.6 Å². The van der Waals surface area contributed by atoms with Gasteiger partial charge >= 0.3 is 5.97 Å². The lowest BCUT2D eigenvalue weighted by Gasteiger charge is -2.33. The molecule has 1 aliphatic heterocycles. The van der Waals surface area contributed by atoms with E-state index in [9.17, 15) is 24.8 Å². The van der Waals surface area contributed by atoms with Gasteiger partial charge in [0.15, 0.2) is 5.66 Å². The Kier molecular flexibility index (Phi) is 5.15. The Balaban J connectivity index is 2.01. The lowest BCUT2D eigenvalue weighted by atomic mass is 9.89. The van der Waals surface area contributed by atoms with Crippen LogP contribution in [0.4, 0.5) is 17.1 Å². The molecule has 1 atom stereocenters. The Hall–Kier alpha value is -3.82. The van der Waals surface area contributed by atoms with Gasteiger partial charge in [0.1, 0.15) is 0 Å². The number of carbonyl (C=O) groups excluding carboxylic acids is 1. The lowest BCUT2D eigenvalue weighted by Crippen LogP contribution is -2.41. The summed E-state index contributed by atoms with van der Waals surface area (Å²) in [6.45, 7) is 0. The number of hydrogen-bond acceptors (Lipinski definition) is 6. The highest BCUT2D eigenvalue weighted by Crippen LogP contribution is 2.50. The molecule has 0 aromatic heterocycles. The number of carbonyl (C=O) groups is 2. The average molecular weight is 473 g/mol. The Morgan fingerprint density at radius 1 is 0.969 bits per heavy atom. The number of nitrogens with one attached hydrogen (secondary N) is 2. The van der Waals surface area contributed by atoms with Crippen molar-refractivity contribution >= 4 is 52.1 Å².